The molecule has 1 fully saturated rings. The number of rotatable bonds is 4. The Kier molecular flexibility index (Phi) is 4.42. The van der Waals surface area contributed by atoms with E-state index in [1.165, 1.54) is 30.4 Å². The van der Waals surface area contributed by atoms with Crippen LogP contribution < -0.4 is 0 Å². The van der Waals surface area contributed by atoms with Gasteiger partial charge in [-0.25, -0.2) is 0 Å². The Morgan fingerprint density at radius 1 is 1.30 bits per heavy atom. The van der Waals surface area contributed by atoms with Gasteiger partial charge in [-0.05, 0) is 55.6 Å². The molecule has 2 nitrogen and oxygen atoms in total. The largest absolute Gasteiger partial charge is 0.393 e. The summed E-state index contributed by atoms with van der Waals surface area (Å²) >= 11 is 0. The number of benzene rings is 1. The van der Waals surface area contributed by atoms with E-state index in [4.69, 9.17) is 4.74 Å². The van der Waals surface area contributed by atoms with E-state index < -0.39 is 0 Å². The van der Waals surface area contributed by atoms with E-state index in [1.54, 1.807) is 0 Å². The highest BCUT2D eigenvalue weighted by Crippen LogP contribution is 2.38. The van der Waals surface area contributed by atoms with Gasteiger partial charge >= 0.3 is 0 Å². The van der Waals surface area contributed by atoms with Crippen LogP contribution in [0.2, 0.25) is 0 Å². The van der Waals surface area contributed by atoms with Crippen molar-refractivity contribution in [3.8, 4) is 0 Å². The molecule has 1 aromatic rings. The van der Waals surface area contributed by atoms with Crippen molar-refractivity contribution in [3.63, 3.8) is 0 Å². The lowest BCUT2D eigenvalue weighted by molar-refractivity contribution is 0.0240. The number of ether oxygens (including phenoxy) is 1. The first kappa shape index (κ1) is 14.1. The van der Waals surface area contributed by atoms with Gasteiger partial charge in [-0.2, -0.15) is 0 Å². The number of aliphatic hydroxyl groups excluding tert-OH is 1. The van der Waals surface area contributed by atoms with Crippen molar-refractivity contribution >= 4 is 0 Å². The van der Waals surface area contributed by atoms with Crippen LogP contribution in [-0.2, 0) is 11.2 Å². The SMILES string of the molecule is CCC1OCCC1C(O)CC1CCCc2ccccc21. The fourth-order valence-corrected chi connectivity index (χ4v) is 4.09. The first-order valence-corrected chi connectivity index (χ1v) is 8.17. The van der Waals surface area contributed by atoms with Crippen LogP contribution >= 0.6 is 0 Å². The third kappa shape index (κ3) is 2.77. The number of aryl methyl sites for hydroxylation is 1. The van der Waals surface area contributed by atoms with Crippen LogP contribution in [0.15, 0.2) is 24.3 Å². The molecule has 0 bridgehead atoms. The fraction of sp³-hybridized carbons (Fsp3) is 0.667. The van der Waals surface area contributed by atoms with Crippen molar-refractivity contribution in [2.75, 3.05) is 6.61 Å². The molecule has 1 aliphatic heterocycles. The van der Waals surface area contributed by atoms with Crippen LogP contribution in [0.3, 0.4) is 0 Å². The summed E-state index contributed by atoms with van der Waals surface area (Å²) in [4.78, 5) is 0. The monoisotopic (exact) mass is 274 g/mol. The predicted molar refractivity (Wildman–Crippen MR) is 80.9 cm³/mol. The lowest BCUT2D eigenvalue weighted by Gasteiger charge is -2.30. The molecule has 0 saturated carbocycles. The smallest absolute Gasteiger partial charge is 0.0626 e. The summed E-state index contributed by atoms with van der Waals surface area (Å²) in [6.07, 6.45) is 6.68. The van der Waals surface area contributed by atoms with Gasteiger partial charge in [0.05, 0.1) is 12.2 Å². The van der Waals surface area contributed by atoms with Gasteiger partial charge < -0.3 is 9.84 Å². The number of fused-ring (bicyclic) bond motifs is 1. The molecule has 2 heteroatoms. The molecule has 1 aromatic carbocycles. The summed E-state index contributed by atoms with van der Waals surface area (Å²) in [7, 11) is 0. The Morgan fingerprint density at radius 2 is 2.15 bits per heavy atom. The van der Waals surface area contributed by atoms with Gasteiger partial charge in [0.1, 0.15) is 0 Å². The first-order valence-electron chi connectivity index (χ1n) is 8.17. The van der Waals surface area contributed by atoms with Crippen LogP contribution in [0.1, 0.15) is 56.1 Å². The molecule has 1 N–H and O–H groups in total. The van der Waals surface area contributed by atoms with E-state index in [1.807, 2.05) is 0 Å². The predicted octanol–water partition coefficient (Wildman–Crippen LogP) is 3.67. The molecule has 1 heterocycles. The molecule has 110 valence electrons. The van der Waals surface area contributed by atoms with Crippen LogP contribution in [-0.4, -0.2) is 23.9 Å². The molecule has 4 atom stereocenters. The summed E-state index contributed by atoms with van der Waals surface area (Å²) in [6, 6.07) is 8.78. The Balaban J connectivity index is 1.69. The zero-order valence-corrected chi connectivity index (χ0v) is 12.4. The van der Waals surface area contributed by atoms with Crippen molar-refractivity contribution in [2.45, 2.75) is 63.6 Å². The van der Waals surface area contributed by atoms with Gasteiger partial charge in [0.15, 0.2) is 0 Å². The Morgan fingerprint density at radius 3 is 3.00 bits per heavy atom. The molecule has 0 spiro atoms. The van der Waals surface area contributed by atoms with E-state index in [9.17, 15) is 5.11 Å². The molecule has 2 aliphatic rings. The maximum Gasteiger partial charge on any atom is 0.0626 e. The summed E-state index contributed by atoms with van der Waals surface area (Å²) < 4.78 is 5.73. The van der Waals surface area contributed by atoms with Gasteiger partial charge in [-0.3, -0.25) is 0 Å². The zero-order chi connectivity index (χ0) is 13.9. The summed E-state index contributed by atoms with van der Waals surface area (Å²) in [5.74, 6) is 0.877. The van der Waals surface area contributed by atoms with Crippen molar-refractivity contribution < 1.29 is 9.84 Å². The minimum Gasteiger partial charge on any atom is -0.393 e. The van der Waals surface area contributed by atoms with Gasteiger partial charge in [-0.15, -0.1) is 0 Å². The molecule has 0 radical (unpaired) electrons. The van der Waals surface area contributed by atoms with Crippen LogP contribution in [0.4, 0.5) is 0 Å². The Labute approximate surface area is 122 Å². The maximum absolute atomic E-state index is 10.6. The minimum atomic E-state index is -0.210. The second kappa shape index (κ2) is 6.28. The average Bonchev–Trinajstić information content (AvgIpc) is 2.96. The Hall–Kier alpha value is -0.860. The van der Waals surface area contributed by atoms with Crippen molar-refractivity contribution in [1.82, 2.24) is 0 Å². The highest BCUT2D eigenvalue weighted by atomic mass is 16.5. The van der Waals surface area contributed by atoms with E-state index >= 15 is 0 Å². The van der Waals surface area contributed by atoms with Gasteiger partial charge in [0, 0.05) is 12.5 Å². The third-order valence-electron chi connectivity index (χ3n) is 5.18. The van der Waals surface area contributed by atoms with Gasteiger partial charge in [0.25, 0.3) is 0 Å². The van der Waals surface area contributed by atoms with Gasteiger partial charge in [0.2, 0.25) is 0 Å². The third-order valence-corrected chi connectivity index (χ3v) is 5.18. The summed E-state index contributed by atoms with van der Waals surface area (Å²) in [5, 5.41) is 10.6. The van der Waals surface area contributed by atoms with Crippen molar-refractivity contribution in [1.29, 1.82) is 0 Å². The fourth-order valence-electron chi connectivity index (χ4n) is 4.09. The normalized spacial score (nSPS) is 31.0. The molecule has 0 aromatic heterocycles. The molecular formula is C18H26O2. The number of hydrogen-bond donors (Lipinski definition) is 1. The van der Waals surface area contributed by atoms with E-state index in [-0.39, 0.29) is 12.2 Å². The first-order chi connectivity index (χ1) is 9.79. The molecule has 20 heavy (non-hydrogen) atoms. The number of aliphatic hydroxyl groups is 1. The molecule has 1 aliphatic carbocycles. The highest BCUT2D eigenvalue weighted by Gasteiger charge is 2.34. The van der Waals surface area contributed by atoms with Crippen LogP contribution in [0, 0.1) is 5.92 Å². The van der Waals surface area contributed by atoms with Crippen molar-refractivity contribution in [3.05, 3.63) is 35.4 Å². The summed E-state index contributed by atoms with van der Waals surface area (Å²) in [5.41, 5.74) is 2.97. The second-order valence-electron chi connectivity index (χ2n) is 6.36. The lowest BCUT2D eigenvalue weighted by atomic mass is 9.77. The molecule has 0 amide bonds. The quantitative estimate of drug-likeness (QED) is 0.907. The topological polar surface area (TPSA) is 29.5 Å². The molecule has 3 rings (SSSR count). The molecule has 1 saturated heterocycles. The molecule has 4 unspecified atom stereocenters. The van der Waals surface area contributed by atoms with E-state index in [2.05, 4.69) is 31.2 Å². The summed E-state index contributed by atoms with van der Waals surface area (Å²) in [6.45, 7) is 2.98. The maximum atomic E-state index is 10.6. The average molecular weight is 274 g/mol. The molecular weight excluding hydrogens is 248 g/mol. The van der Waals surface area contributed by atoms with E-state index in [0.29, 0.717) is 11.8 Å². The van der Waals surface area contributed by atoms with Crippen LogP contribution in [0.5, 0.6) is 0 Å². The Bertz CT molecular complexity index is 443. The minimum absolute atomic E-state index is 0.210. The zero-order valence-electron chi connectivity index (χ0n) is 12.4. The highest BCUT2D eigenvalue weighted by molar-refractivity contribution is 5.32. The lowest BCUT2D eigenvalue weighted by Crippen LogP contribution is -2.30. The standard InChI is InChI=1S/C18H26O2/c1-2-18-16(10-11-20-18)17(19)12-14-8-5-7-13-6-3-4-9-15(13)14/h3-4,6,9,14,16-19H,2,5,7-8,10-12H2,1H3. The number of hydrogen-bond acceptors (Lipinski definition) is 2. The van der Waals surface area contributed by atoms with Gasteiger partial charge in [-0.1, -0.05) is 31.2 Å². The van der Waals surface area contributed by atoms with Crippen molar-refractivity contribution in [2.24, 2.45) is 5.92 Å². The van der Waals surface area contributed by atoms with Crippen LogP contribution in [0.25, 0.3) is 0 Å². The second-order valence-corrected chi connectivity index (χ2v) is 6.36. The van der Waals surface area contributed by atoms with E-state index in [0.717, 1.165) is 25.9 Å².